The van der Waals surface area contributed by atoms with Crippen molar-refractivity contribution >= 4 is 40.7 Å². The van der Waals surface area contributed by atoms with Gasteiger partial charge in [-0.2, -0.15) is 0 Å². The summed E-state index contributed by atoms with van der Waals surface area (Å²) in [6.07, 6.45) is 7.87. The van der Waals surface area contributed by atoms with Crippen LogP contribution in [-0.4, -0.2) is 29.0 Å². The van der Waals surface area contributed by atoms with Gasteiger partial charge >= 0.3 is 0 Å². The molecular formula is C14H26Cl3N2O+. The van der Waals surface area contributed by atoms with Gasteiger partial charge in [0.1, 0.15) is 0 Å². The Labute approximate surface area is 137 Å². The molecule has 0 aliphatic carbocycles. The number of carbonyl (C=O) groups excluding carboxylic acids is 1. The number of hydrogen-bond acceptors (Lipinski definition) is 1. The molecule has 1 aliphatic heterocycles. The summed E-state index contributed by atoms with van der Waals surface area (Å²) in [4.78, 5) is 13.2. The maximum absolute atomic E-state index is 12.0. The van der Waals surface area contributed by atoms with E-state index in [0.29, 0.717) is 6.42 Å². The van der Waals surface area contributed by atoms with Crippen molar-refractivity contribution < 1.29 is 9.69 Å². The fraction of sp³-hybridized carbons (Fsp3) is 0.929. The molecule has 1 saturated heterocycles. The smallest absolute Gasteiger partial charge is 0.262 e. The number of rotatable bonds is 7. The molecule has 20 heavy (non-hydrogen) atoms. The van der Waals surface area contributed by atoms with E-state index in [0.717, 1.165) is 45.2 Å². The van der Waals surface area contributed by atoms with Gasteiger partial charge in [0.15, 0.2) is 0 Å². The Bertz CT molecular complexity index is 289. The number of halogens is 3. The minimum Gasteiger partial charge on any atom is -0.312 e. The lowest BCUT2D eigenvalue weighted by molar-refractivity contribution is -0.931. The van der Waals surface area contributed by atoms with Gasteiger partial charge in [0.05, 0.1) is 13.1 Å². The van der Waals surface area contributed by atoms with Crippen molar-refractivity contribution in [1.82, 2.24) is 5.32 Å². The quantitative estimate of drug-likeness (QED) is 0.540. The predicted octanol–water partition coefficient (Wildman–Crippen LogP) is 2.84. The normalized spacial score (nSPS) is 18.8. The molecule has 0 bridgehead atoms. The molecule has 0 radical (unpaired) electrons. The average molecular weight is 345 g/mol. The largest absolute Gasteiger partial charge is 0.312 e. The minimum atomic E-state index is -1.45. The minimum absolute atomic E-state index is 0.00417. The van der Waals surface area contributed by atoms with Crippen molar-refractivity contribution in [2.45, 2.75) is 68.2 Å². The highest BCUT2D eigenvalue weighted by molar-refractivity contribution is 6.68. The molecule has 0 aromatic rings. The Morgan fingerprint density at radius 1 is 1.15 bits per heavy atom. The van der Waals surface area contributed by atoms with Crippen molar-refractivity contribution in [3.63, 3.8) is 0 Å². The highest BCUT2D eigenvalue weighted by Crippen LogP contribution is 2.28. The fourth-order valence-electron chi connectivity index (χ4n) is 2.66. The third-order valence-corrected chi connectivity index (χ3v) is 4.45. The van der Waals surface area contributed by atoms with Crippen LogP contribution in [-0.2, 0) is 4.79 Å². The number of unbranched alkanes of at least 4 members (excludes halogenated alkanes) is 3. The maximum atomic E-state index is 12.0. The molecule has 6 heteroatoms. The van der Waals surface area contributed by atoms with Crippen molar-refractivity contribution in [2.75, 3.05) is 13.1 Å². The maximum Gasteiger partial charge on any atom is 0.262 e. The van der Waals surface area contributed by atoms with Gasteiger partial charge in [0, 0.05) is 6.42 Å². The molecular weight excluding hydrogens is 319 g/mol. The van der Waals surface area contributed by atoms with Crippen LogP contribution in [0, 0.1) is 0 Å². The van der Waals surface area contributed by atoms with Crippen molar-refractivity contribution in [1.29, 1.82) is 0 Å². The SMILES string of the molecule is CCCCCCC(=O)N[C@@H]([NH+]1CCCCC1)C(Cl)(Cl)Cl. The highest BCUT2D eigenvalue weighted by atomic mass is 35.6. The van der Waals surface area contributed by atoms with Crippen LogP contribution >= 0.6 is 34.8 Å². The fourth-order valence-corrected chi connectivity index (χ4v) is 3.28. The van der Waals surface area contributed by atoms with E-state index in [1.54, 1.807) is 0 Å². The predicted molar refractivity (Wildman–Crippen MR) is 85.5 cm³/mol. The first-order valence-electron chi connectivity index (χ1n) is 7.65. The van der Waals surface area contributed by atoms with E-state index in [2.05, 4.69) is 12.2 Å². The molecule has 1 rings (SSSR count). The summed E-state index contributed by atoms with van der Waals surface area (Å²) in [6.45, 7) is 4.06. The number of quaternary nitrogens is 1. The lowest BCUT2D eigenvalue weighted by Gasteiger charge is -2.35. The summed E-state index contributed by atoms with van der Waals surface area (Å²) in [5.41, 5.74) is 0. The molecule has 1 aliphatic rings. The Hall–Kier alpha value is 0.300. The molecule has 0 aromatic carbocycles. The summed E-state index contributed by atoms with van der Waals surface area (Å²) >= 11 is 18.2. The number of carbonyl (C=O) groups is 1. The summed E-state index contributed by atoms with van der Waals surface area (Å²) in [6, 6.07) is 0. The molecule has 3 nitrogen and oxygen atoms in total. The van der Waals surface area contributed by atoms with E-state index in [1.165, 1.54) is 17.7 Å². The van der Waals surface area contributed by atoms with Gasteiger partial charge in [-0.15, -0.1) is 0 Å². The number of likely N-dealkylation sites (tertiary alicyclic amines) is 1. The van der Waals surface area contributed by atoms with Gasteiger partial charge in [-0.25, -0.2) is 0 Å². The molecule has 1 fully saturated rings. The van der Waals surface area contributed by atoms with E-state index in [4.69, 9.17) is 34.8 Å². The van der Waals surface area contributed by atoms with Crippen molar-refractivity contribution in [3.05, 3.63) is 0 Å². The van der Waals surface area contributed by atoms with Gasteiger partial charge in [-0.05, 0) is 25.7 Å². The highest BCUT2D eigenvalue weighted by Gasteiger charge is 2.42. The molecule has 0 unspecified atom stereocenters. The number of hydrogen-bond donors (Lipinski definition) is 2. The Balaban J connectivity index is 2.45. The molecule has 118 valence electrons. The zero-order valence-electron chi connectivity index (χ0n) is 12.2. The van der Waals surface area contributed by atoms with Crippen LogP contribution in [0.25, 0.3) is 0 Å². The summed E-state index contributed by atoms with van der Waals surface area (Å²) in [5, 5.41) is 2.93. The monoisotopic (exact) mass is 343 g/mol. The second kappa shape index (κ2) is 9.34. The van der Waals surface area contributed by atoms with E-state index in [-0.39, 0.29) is 5.91 Å². The molecule has 1 heterocycles. The second-order valence-corrected chi connectivity index (χ2v) is 7.94. The summed E-state index contributed by atoms with van der Waals surface area (Å²) in [5.74, 6) is -0.00417. The van der Waals surface area contributed by atoms with Crippen molar-refractivity contribution in [2.24, 2.45) is 0 Å². The number of nitrogens with one attached hydrogen (secondary N) is 2. The van der Waals surface area contributed by atoms with E-state index in [9.17, 15) is 4.79 Å². The van der Waals surface area contributed by atoms with Crippen LogP contribution < -0.4 is 10.2 Å². The lowest BCUT2D eigenvalue weighted by Crippen LogP contribution is -3.20. The van der Waals surface area contributed by atoms with Crippen LogP contribution in [0.1, 0.15) is 58.3 Å². The standard InChI is InChI=1S/C14H25Cl3N2O/c1-2-3-4-6-9-12(20)18-13(14(15,16)17)19-10-7-5-8-11-19/h13H,2-11H2,1H3,(H,18,20)/p+1/t13-/m0/s1. The summed E-state index contributed by atoms with van der Waals surface area (Å²) in [7, 11) is 0. The first kappa shape index (κ1) is 18.3. The first-order chi connectivity index (χ1) is 9.45. The topological polar surface area (TPSA) is 33.5 Å². The Morgan fingerprint density at radius 2 is 1.80 bits per heavy atom. The third-order valence-electron chi connectivity index (χ3n) is 3.79. The zero-order chi connectivity index (χ0) is 15.0. The van der Waals surface area contributed by atoms with Gasteiger partial charge in [-0.3, -0.25) is 4.79 Å². The Morgan fingerprint density at radius 3 is 2.35 bits per heavy atom. The number of amides is 1. The number of piperidine rings is 1. The van der Waals surface area contributed by atoms with Gasteiger partial charge in [0.2, 0.25) is 12.1 Å². The van der Waals surface area contributed by atoms with Crippen molar-refractivity contribution in [3.8, 4) is 0 Å². The number of alkyl halides is 3. The van der Waals surface area contributed by atoms with Gasteiger partial charge in [-0.1, -0.05) is 61.0 Å². The molecule has 1 amide bonds. The molecule has 1 atom stereocenters. The van der Waals surface area contributed by atoms with E-state index in [1.807, 2.05) is 0 Å². The zero-order valence-corrected chi connectivity index (χ0v) is 14.5. The second-order valence-electron chi connectivity index (χ2n) is 5.57. The lowest BCUT2D eigenvalue weighted by atomic mass is 10.1. The molecule has 0 spiro atoms. The summed E-state index contributed by atoms with van der Waals surface area (Å²) < 4.78 is -1.45. The van der Waals surface area contributed by atoms with Gasteiger partial charge < -0.3 is 10.2 Å². The molecule has 0 aromatic heterocycles. The average Bonchev–Trinajstić information content (AvgIpc) is 2.41. The molecule has 2 N–H and O–H groups in total. The van der Waals surface area contributed by atoms with Crippen LogP contribution in [0.15, 0.2) is 0 Å². The van der Waals surface area contributed by atoms with E-state index >= 15 is 0 Å². The first-order valence-corrected chi connectivity index (χ1v) is 8.79. The van der Waals surface area contributed by atoms with E-state index < -0.39 is 9.96 Å². The Kier molecular flexibility index (Phi) is 8.57. The van der Waals surface area contributed by atoms with Crippen LogP contribution in [0.2, 0.25) is 0 Å². The van der Waals surface area contributed by atoms with Crippen LogP contribution in [0.4, 0.5) is 0 Å². The van der Waals surface area contributed by atoms with Crippen LogP contribution in [0.5, 0.6) is 0 Å². The third kappa shape index (κ3) is 6.84. The van der Waals surface area contributed by atoms with Gasteiger partial charge in [0.25, 0.3) is 3.79 Å². The van der Waals surface area contributed by atoms with Crippen LogP contribution in [0.3, 0.4) is 0 Å². The molecule has 0 saturated carbocycles.